The molecule has 4 nitrogen and oxygen atoms in total. The van der Waals surface area contributed by atoms with E-state index in [1.54, 1.807) is 13.8 Å². The Bertz CT molecular complexity index is 370. The molecule has 1 rings (SSSR count). The van der Waals surface area contributed by atoms with Crippen molar-refractivity contribution in [3.8, 4) is 0 Å². The first-order chi connectivity index (χ1) is 7.37. The summed E-state index contributed by atoms with van der Waals surface area (Å²) in [7, 11) is 0. The van der Waals surface area contributed by atoms with Crippen molar-refractivity contribution in [2.75, 3.05) is 11.9 Å². The van der Waals surface area contributed by atoms with Crippen LogP contribution in [-0.4, -0.2) is 18.2 Å². The Kier molecular flexibility index (Phi) is 3.90. The molecule has 0 unspecified atom stereocenters. The number of hydrogen-bond acceptors (Lipinski definition) is 3. The minimum Gasteiger partial charge on any atom is -0.447 e. The van der Waals surface area contributed by atoms with Crippen molar-refractivity contribution in [2.24, 2.45) is 5.73 Å². The zero-order valence-electron chi connectivity index (χ0n) is 9.91. The highest BCUT2D eigenvalue weighted by atomic mass is 16.5. The largest absolute Gasteiger partial charge is 0.447 e. The van der Waals surface area contributed by atoms with Crippen molar-refractivity contribution >= 4 is 11.8 Å². The second kappa shape index (κ2) is 4.99. The molecule has 0 fully saturated rings. The molecule has 0 saturated carbocycles. The van der Waals surface area contributed by atoms with Gasteiger partial charge in [-0.2, -0.15) is 0 Å². The highest BCUT2D eigenvalue weighted by Crippen LogP contribution is 2.10. The van der Waals surface area contributed by atoms with Gasteiger partial charge in [-0.25, -0.2) is 4.79 Å². The summed E-state index contributed by atoms with van der Waals surface area (Å²) in [6, 6.07) is 7.51. The fourth-order valence-electron chi connectivity index (χ4n) is 1.13. The number of ether oxygens (including phenoxy) is 1. The molecule has 0 spiro atoms. The molecular weight excluding hydrogens is 204 g/mol. The summed E-state index contributed by atoms with van der Waals surface area (Å²) in [4.78, 5) is 11.4. The van der Waals surface area contributed by atoms with Crippen LogP contribution in [0.2, 0.25) is 0 Å². The van der Waals surface area contributed by atoms with Crippen LogP contribution in [0.15, 0.2) is 24.3 Å². The molecule has 0 aliphatic carbocycles. The number of hydrogen-bond donors (Lipinski definition) is 2. The van der Waals surface area contributed by atoms with Crippen LogP contribution in [0.25, 0.3) is 0 Å². The third-order valence-electron chi connectivity index (χ3n) is 1.84. The average molecular weight is 222 g/mol. The molecular formula is C12H18N2O2. The summed E-state index contributed by atoms with van der Waals surface area (Å²) in [5.74, 6) is 0. The van der Waals surface area contributed by atoms with E-state index >= 15 is 0 Å². The van der Waals surface area contributed by atoms with E-state index in [1.165, 1.54) is 0 Å². The van der Waals surface area contributed by atoms with Crippen LogP contribution in [0.4, 0.5) is 10.5 Å². The second-order valence-corrected chi connectivity index (χ2v) is 4.56. The standard InChI is InChI=1S/C12H18N2O2/c1-9-5-4-6-10(7-9)14-11(15)16-8-12(2,3)13/h4-7H,8,13H2,1-3H3,(H,14,15). The molecule has 1 aromatic rings. The van der Waals surface area contributed by atoms with Gasteiger partial charge in [0.2, 0.25) is 0 Å². The minimum atomic E-state index is -0.510. The minimum absolute atomic E-state index is 0.185. The third kappa shape index (κ3) is 4.79. The van der Waals surface area contributed by atoms with Gasteiger partial charge in [0.15, 0.2) is 0 Å². The summed E-state index contributed by atoms with van der Waals surface area (Å²) in [5, 5.41) is 2.64. The first-order valence-electron chi connectivity index (χ1n) is 5.16. The van der Waals surface area contributed by atoms with Crippen LogP contribution in [0, 0.1) is 6.92 Å². The predicted molar refractivity (Wildman–Crippen MR) is 64.4 cm³/mol. The summed E-state index contributed by atoms with van der Waals surface area (Å²) in [6.45, 7) is 5.74. The van der Waals surface area contributed by atoms with Crippen LogP contribution in [0.1, 0.15) is 19.4 Å². The maximum Gasteiger partial charge on any atom is 0.411 e. The quantitative estimate of drug-likeness (QED) is 0.824. The van der Waals surface area contributed by atoms with Crippen molar-refractivity contribution in [1.82, 2.24) is 0 Å². The van der Waals surface area contributed by atoms with E-state index in [9.17, 15) is 4.79 Å². The third-order valence-corrected chi connectivity index (χ3v) is 1.84. The van der Waals surface area contributed by atoms with Crippen LogP contribution in [-0.2, 0) is 4.74 Å². The van der Waals surface area contributed by atoms with Gasteiger partial charge in [0.25, 0.3) is 0 Å². The van der Waals surface area contributed by atoms with E-state index < -0.39 is 11.6 Å². The van der Waals surface area contributed by atoms with Gasteiger partial charge in [-0.3, -0.25) is 5.32 Å². The summed E-state index contributed by atoms with van der Waals surface area (Å²) in [5.41, 5.74) is 6.99. The van der Waals surface area contributed by atoms with Gasteiger partial charge in [-0.05, 0) is 38.5 Å². The highest BCUT2D eigenvalue weighted by molar-refractivity contribution is 5.84. The Hall–Kier alpha value is -1.55. The number of aryl methyl sites for hydroxylation is 1. The topological polar surface area (TPSA) is 64.3 Å². The number of rotatable bonds is 3. The number of anilines is 1. The summed E-state index contributed by atoms with van der Waals surface area (Å²) in [6.07, 6.45) is -0.482. The maximum atomic E-state index is 11.4. The number of carbonyl (C=O) groups is 1. The van der Waals surface area contributed by atoms with Gasteiger partial charge in [0, 0.05) is 11.2 Å². The van der Waals surface area contributed by atoms with Crippen LogP contribution in [0.5, 0.6) is 0 Å². The van der Waals surface area contributed by atoms with Crippen molar-refractivity contribution in [1.29, 1.82) is 0 Å². The Morgan fingerprint density at radius 1 is 1.50 bits per heavy atom. The predicted octanol–water partition coefficient (Wildman–Crippen LogP) is 2.28. The normalized spacial score (nSPS) is 11.0. The number of nitrogens with two attached hydrogens (primary N) is 1. The van der Waals surface area contributed by atoms with E-state index in [0.29, 0.717) is 0 Å². The summed E-state index contributed by atoms with van der Waals surface area (Å²) < 4.78 is 4.98. The van der Waals surface area contributed by atoms with Gasteiger partial charge < -0.3 is 10.5 Å². The van der Waals surface area contributed by atoms with Crippen molar-refractivity contribution in [3.63, 3.8) is 0 Å². The van der Waals surface area contributed by atoms with E-state index in [1.807, 2.05) is 31.2 Å². The van der Waals surface area contributed by atoms with Crippen LogP contribution in [0.3, 0.4) is 0 Å². The lowest BCUT2D eigenvalue weighted by molar-refractivity contribution is 0.138. The van der Waals surface area contributed by atoms with E-state index in [2.05, 4.69) is 5.32 Å². The molecule has 1 aromatic carbocycles. The molecule has 88 valence electrons. The van der Waals surface area contributed by atoms with Gasteiger partial charge >= 0.3 is 6.09 Å². The van der Waals surface area contributed by atoms with Crippen molar-refractivity contribution in [3.05, 3.63) is 29.8 Å². The van der Waals surface area contributed by atoms with Gasteiger partial charge in [0.1, 0.15) is 6.61 Å². The fourth-order valence-corrected chi connectivity index (χ4v) is 1.13. The lowest BCUT2D eigenvalue weighted by atomic mass is 10.1. The summed E-state index contributed by atoms with van der Waals surface area (Å²) >= 11 is 0. The molecule has 3 N–H and O–H groups in total. The Morgan fingerprint density at radius 3 is 2.75 bits per heavy atom. The number of nitrogens with one attached hydrogen (secondary N) is 1. The molecule has 0 heterocycles. The molecule has 0 aromatic heterocycles. The van der Waals surface area contributed by atoms with E-state index in [4.69, 9.17) is 10.5 Å². The lowest BCUT2D eigenvalue weighted by Crippen LogP contribution is -2.38. The SMILES string of the molecule is Cc1cccc(NC(=O)OCC(C)(C)N)c1. The Morgan fingerprint density at radius 2 is 2.19 bits per heavy atom. The molecule has 0 atom stereocenters. The van der Waals surface area contributed by atoms with Gasteiger partial charge in [-0.1, -0.05) is 12.1 Å². The van der Waals surface area contributed by atoms with Gasteiger partial charge in [-0.15, -0.1) is 0 Å². The van der Waals surface area contributed by atoms with Crippen LogP contribution < -0.4 is 11.1 Å². The molecule has 0 bridgehead atoms. The fraction of sp³-hybridized carbons (Fsp3) is 0.417. The van der Waals surface area contributed by atoms with Gasteiger partial charge in [0.05, 0.1) is 0 Å². The molecule has 0 aliphatic heterocycles. The zero-order chi connectivity index (χ0) is 12.2. The first kappa shape index (κ1) is 12.5. The number of amides is 1. The molecule has 16 heavy (non-hydrogen) atoms. The monoisotopic (exact) mass is 222 g/mol. The van der Waals surface area contributed by atoms with Crippen molar-refractivity contribution in [2.45, 2.75) is 26.3 Å². The molecule has 0 saturated heterocycles. The van der Waals surface area contributed by atoms with E-state index in [0.717, 1.165) is 11.3 Å². The van der Waals surface area contributed by atoms with E-state index in [-0.39, 0.29) is 6.61 Å². The van der Waals surface area contributed by atoms with Crippen molar-refractivity contribution < 1.29 is 9.53 Å². The number of carbonyl (C=O) groups excluding carboxylic acids is 1. The maximum absolute atomic E-state index is 11.4. The number of benzene rings is 1. The highest BCUT2D eigenvalue weighted by Gasteiger charge is 2.13. The van der Waals surface area contributed by atoms with Crippen LogP contribution >= 0.6 is 0 Å². The first-order valence-corrected chi connectivity index (χ1v) is 5.16. The molecule has 4 heteroatoms. The lowest BCUT2D eigenvalue weighted by Gasteiger charge is -2.18. The Labute approximate surface area is 95.8 Å². The smallest absolute Gasteiger partial charge is 0.411 e. The second-order valence-electron chi connectivity index (χ2n) is 4.56. The molecule has 1 amide bonds. The average Bonchev–Trinajstić information content (AvgIpc) is 2.14. The molecule has 0 aliphatic rings. The zero-order valence-corrected chi connectivity index (χ0v) is 9.91. The molecule has 0 radical (unpaired) electrons. The Balaban J connectivity index is 2.46.